The SMILES string of the molecule is O=C(/C=C/c1ccc([N+](=O)[O-])o1)NNC(=O)c1ccc(COc2ccccc2)o1. The van der Waals surface area contributed by atoms with Crippen molar-refractivity contribution in [2.75, 3.05) is 0 Å². The van der Waals surface area contributed by atoms with Gasteiger partial charge in [-0.15, -0.1) is 0 Å². The third-order valence-electron chi connectivity index (χ3n) is 3.50. The molecule has 10 heteroatoms. The first-order valence-electron chi connectivity index (χ1n) is 8.30. The maximum Gasteiger partial charge on any atom is 0.433 e. The lowest BCUT2D eigenvalue weighted by Gasteiger charge is -2.04. The van der Waals surface area contributed by atoms with Gasteiger partial charge in [0.05, 0.1) is 6.07 Å². The van der Waals surface area contributed by atoms with Crippen LogP contribution in [0.25, 0.3) is 6.08 Å². The standard InChI is InChI=1S/C19H15N3O7/c23-17(10-7-14-8-11-18(29-14)22(25)26)20-21-19(24)16-9-6-15(28-16)12-27-13-4-2-1-3-5-13/h1-11H,12H2,(H,20,23)(H,21,24)/b10-7+. The Labute approximate surface area is 163 Å². The van der Waals surface area contributed by atoms with Gasteiger partial charge in [0.2, 0.25) is 0 Å². The molecule has 3 rings (SSSR count). The van der Waals surface area contributed by atoms with Gasteiger partial charge >= 0.3 is 11.8 Å². The number of hydrogen-bond donors (Lipinski definition) is 2. The zero-order valence-electron chi connectivity index (χ0n) is 14.9. The van der Waals surface area contributed by atoms with Gasteiger partial charge in [-0.3, -0.25) is 30.6 Å². The summed E-state index contributed by atoms with van der Waals surface area (Å²) in [5.41, 5.74) is 4.34. The molecule has 29 heavy (non-hydrogen) atoms. The van der Waals surface area contributed by atoms with E-state index < -0.39 is 22.6 Å². The summed E-state index contributed by atoms with van der Waals surface area (Å²) in [5, 5.41) is 10.5. The van der Waals surface area contributed by atoms with Crippen LogP contribution in [0.1, 0.15) is 22.1 Å². The lowest BCUT2D eigenvalue weighted by molar-refractivity contribution is -0.402. The van der Waals surface area contributed by atoms with Gasteiger partial charge in [-0.2, -0.15) is 0 Å². The third kappa shape index (κ3) is 5.57. The molecule has 0 saturated carbocycles. The first-order valence-corrected chi connectivity index (χ1v) is 8.30. The number of ether oxygens (including phenoxy) is 1. The molecule has 0 saturated heterocycles. The van der Waals surface area contributed by atoms with E-state index in [-0.39, 0.29) is 18.1 Å². The fraction of sp³-hybridized carbons (Fsp3) is 0.0526. The average molecular weight is 397 g/mol. The van der Waals surface area contributed by atoms with Crippen molar-refractivity contribution in [1.29, 1.82) is 0 Å². The number of furan rings is 2. The van der Waals surface area contributed by atoms with Gasteiger partial charge in [0.25, 0.3) is 5.91 Å². The van der Waals surface area contributed by atoms with E-state index in [0.29, 0.717) is 11.5 Å². The molecule has 0 radical (unpaired) electrons. The Morgan fingerprint density at radius 3 is 2.55 bits per heavy atom. The molecule has 2 heterocycles. The molecule has 148 valence electrons. The number of hydrogen-bond acceptors (Lipinski definition) is 7. The molecule has 0 aliphatic heterocycles. The van der Waals surface area contributed by atoms with E-state index >= 15 is 0 Å². The van der Waals surface area contributed by atoms with Crippen molar-refractivity contribution >= 4 is 23.8 Å². The first kappa shape index (κ1) is 19.4. The van der Waals surface area contributed by atoms with Crippen LogP contribution in [0.2, 0.25) is 0 Å². The Balaban J connectivity index is 1.46. The molecule has 0 atom stereocenters. The minimum atomic E-state index is -0.694. The lowest BCUT2D eigenvalue weighted by Crippen LogP contribution is -2.40. The number of benzene rings is 1. The summed E-state index contributed by atoms with van der Waals surface area (Å²) in [5.74, 6) is -0.568. The zero-order chi connectivity index (χ0) is 20.6. The van der Waals surface area contributed by atoms with Gasteiger partial charge in [0.15, 0.2) is 5.76 Å². The van der Waals surface area contributed by atoms with Crippen LogP contribution < -0.4 is 15.6 Å². The number of carbonyl (C=O) groups excluding carboxylic acids is 2. The molecular weight excluding hydrogens is 382 g/mol. The summed E-state index contributed by atoms with van der Waals surface area (Å²) in [4.78, 5) is 33.6. The van der Waals surface area contributed by atoms with Crippen LogP contribution in [0.3, 0.4) is 0 Å². The second-order valence-corrected chi connectivity index (χ2v) is 5.58. The Kier molecular flexibility index (Phi) is 6.05. The highest BCUT2D eigenvalue weighted by Crippen LogP contribution is 2.16. The molecule has 1 aromatic carbocycles. The molecule has 10 nitrogen and oxygen atoms in total. The van der Waals surface area contributed by atoms with Crippen molar-refractivity contribution < 1.29 is 28.1 Å². The van der Waals surface area contributed by atoms with Gasteiger partial charge < -0.3 is 13.6 Å². The summed E-state index contributed by atoms with van der Waals surface area (Å²) in [7, 11) is 0. The van der Waals surface area contributed by atoms with E-state index in [0.717, 1.165) is 12.1 Å². The number of hydrazine groups is 1. The molecule has 2 aromatic heterocycles. The summed E-state index contributed by atoms with van der Waals surface area (Å²) in [6, 6.07) is 14.6. The van der Waals surface area contributed by atoms with Gasteiger partial charge in [-0.1, -0.05) is 18.2 Å². The number of nitrogens with zero attached hydrogens (tertiary/aromatic N) is 1. The minimum Gasteiger partial charge on any atom is -0.486 e. The van der Waals surface area contributed by atoms with Crippen LogP contribution in [0.5, 0.6) is 5.75 Å². The number of para-hydroxylation sites is 1. The Bertz CT molecular complexity index is 1040. The van der Waals surface area contributed by atoms with Crippen LogP contribution >= 0.6 is 0 Å². The molecule has 0 unspecified atom stereocenters. The van der Waals surface area contributed by atoms with Gasteiger partial charge in [0, 0.05) is 6.08 Å². The van der Waals surface area contributed by atoms with E-state index in [2.05, 4.69) is 10.9 Å². The summed E-state index contributed by atoms with van der Waals surface area (Å²) in [6.45, 7) is 0.141. The highest BCUT2D eigenvalue weighted by Gasteiger charge is 2.13. The highest BCUT2D eigenvalue weighted by atomic mass is 16.6. The predicted molar refractivity (Wildman–Crippen MR) is 99.5 cm³/mol. The van der Waals surface area contributed by atoms with Crippen LogP contribution in [0, 0.1) is 10.1 Å². The second-order valence-electron chi connectivity index (χ2n) is 5.58. The topological polar surface area (TPSA) is 137 Å². The zero-order valence-corrected chi connectivity index (χ0v) is 14.9. The van der Waals surface area contributed by atoms with Crippen LogP contribution in [0.15, 0.2) is 69.5 Å². The monoisotopic (exact) mass is 397 g/mol. The Morgan fingerprint density at radius 1 is 1.03 bits per heavy atom. The van der Waals surface area contributed by atoms with E-state index in [4.69, 9.17) is 13.6 Å². The van der Waals surface area contributed by atoms with Crippen molar-refractivity contribution in [3.63, 3.8) is 0 Å². The molecule has 0 bridgehead atoms. The van der Waals surface area contributed by atoms with Crippen molar-refractivity contribution in [1.82, 2.24) is 10.9 Å². The number of rotatable bonds is 7. The van der Waals surface area contributed by atoms with Gasteiger partial charge in [-0.05, 0) is 36.4 Å². The molecule has 0 aliphatic rings. The fourth-order valence-electron chi connectivity index (χ4n) is 2.16. The summed E-state index contributed by atoms with van der Waals surface area (Å²) >= 11 is 0. The molecule has 0 aliphatic carbocycles. The number of amides is 2. The van der Waals surface area contributed by atoms with E-state index in [1.807, 2.05) is 18.2 Å². The predicted octanol–water partition coefficient (Wildman–Crippen LogP) is 2.83. The molecule has 0 fully saturated rings. The number of nitro groups is 1. The smallest absolute Gasteiger partial charge is 0.433 e. The Hall–Kier alpha value is -4.34. The van der Waals surface area contributed by atoms with Crippen LogP contribution in [0.4, 0.5) is 5.88 Å². The quantitative estimate of drug-likeness (QED) is 0.355. The maximum absolute atomic E-state index is 12.0. The largest absolute Gasteiger partial charge is 0.486 e. The van der Waals surface area contributed by atoms with Crippen molar-refractivity contribution in [2.45, 2.75) is 6.61 Å². The number of carbonyl (C=O) groups is 2. The van der Waals surface area contributed by atoms with Crippen molar-refractivity contribution in [3.05, 3.63) is 88.1 Å². The highest BCUT2D eigenvalue weighted by molar-refractivity contribution is 5.96. The molecule has 3 aromatic rings. The summed E-state index contributed by atoms with van der Waals surface area (Å²) in [6.07, 6.45) is 2.27. The van der Waals surface area contributed by atoms with Gasteiger partial charge in [0.1, 0.15) is 28.8 Å². The molecule has 2 amide bonds. The van der Waals surface area contributed by atoms with Crippen LogP contribution in [-0.4, -0.2) is 16.7 Å². The fourth-order valence-corrected chi connectivity index (χ4v) is 2.16. The van der Waals surface area contributed by atoms with E-state index in [1.165, 1.54) is 18.2 Å². The Morgan fingerprint density at radius 2 is 1.83 bits per heavy atom. The average Bonchev–Trinajstić information content (AvgIpc) is 3.39. The van der Waals surface area contributed by atoms with E-state index in [1.54, 1.807) is 18.2 Å². The first-order chi connectivity index (χ1) is 14.0. The molecular formula is C19H15N3O7. The van der Waals surface area contributed by atoms with Crippen molar-refractivity contribution in [2.24, 2.45) is 0 Å². The normalized spacial score (nSPS) is 10.6. The van der Waals surface area contributed by atoms with Gasteiger partial charge in [-0.25, -0.2) is 0 Å². The minimum absolute atomic E-state index is 0.0115. The van der Waals surface area contributed by atoms with Crippen molar-refractivity contribution in [3.8, 4) is 5.75 Å². The maximum atomic E-state index is 12.0. The lowest BCUT2D eigenvalue weighted by atomic mass is 10.3. The second kappa shape index (κ2) is 9.04. The third-order valence-corrected chi connectivity index (χ3v) is 3.50. The van der Waals surface area contributed by atoms with E-state index in [9.17, 15) is 19.7 Å². The molecule has 2 N–H and O–H groups in total. The summed E-state index contributed by atoms with van der Waals surface area (Å²) < 4.78 is 15.8. The number of nitrogens with one attached hydrogen (secondary N) is 2. The molecule has 0 spiro atoms. The van der Waals surface area contributed by atoms with Crippen LogP contribution in [-0.2, 0) is 11.4 Å².